The third kappa shape index (κ3) is 3.36. The van der Waals surface area contributed by atoms with Crippen LogP contribution in [0.25, 0.3) is 82.8 Å². The van der Waals surface area contributed by atoms with Gasteiger partial charge in [0, 0.05) is 16.3 Å². The summed E-state index contributed by atoms with van der Waals surface area (Å²) in [6, 6.07) is 46.9. The van der Waals surface area contributed by atoms with Crippen LogP contribution in [0.2, 0.25) is 0 Å². The molecule has 6 aromatic carbocycles. The van der Waals surface area contributed by atoms with Gasteiger partial charge in [-0.25, -0.2) is 4.98 Å². The van der Waals surface area contributed by atoms with E-state index in [1.54, 1.807) is 6.26 Å². The number of fused-ring (bicyclic) bond motifs is 7. The van der Waals surface area contributed by atoms with E-state index in [1.165, 1.54) is 37.9 Å². The second kappa shape index (κ2) is 8.88. The van der Waals surface area contributed by atoms with Crippen molar-refractivity contribution in [3.63, 3.8) is 0 Å². The molecule has 0 saturated carbocycles. The molecule has 0 radical (unpaired) electrons. The third-order valence-electron chi connectivity index (χ3n) is 8.31. The largest absolute Gasteiger partial charge is 0.446 e. The normalized spacial score (nSPS) is 11.8. The minimum atomic E-state index is 0.567. The molecule has 0 saturated heterocycles. The van der Waals surface area contributed by atoms with Crippen molar-refractivity contribution in [3.8, 4) is 28.3 Å². The molecule has 9 rings (SSSR count). The highest BCUT2D eigenvalue weighted by Crippen LogP contribution is 2.38. The van der Waals surface area contributed by atoms with Crippen LogP contribution in [0, 0.1) is 0 Å². The molecule has 0 atom stereocenters. The monoisotopic (exact) mass is 537 g/mol. The summed E-state index contributed by atoms with van der Waals surface area (Å²) >= 11 is 0. The van der Waals surface area contributed by atoms with Gasteiger partial charge in [-0.1, -0.05) is 109 Å². The standard InChI is InChI=1S/C38H23N3O/c1-3-14-28-24(9-1)11-8-17-29(28)26-12-7-13-27(23-26)36-32-21-22-42-37(32)40-38(39-36)41-33-18-6-5-16-31(33)35-30-15-4-2-10-25(30)19-20-34(35)41/h1-23H. The summed E-state index contributed by atoms with van der Waals surface area (Å²) in [6.45, 7) is 0. The van der Waals surface area contributed by atoms with Gasteiger partial charge in [-0.2, -0.15) is 4.98 Å². The van der Waals surface area contributed by atoms with Crippen LogP contribution in [0.1, 0.15) is 0 Å². The summed E-state index contributed by atoms with van der Waals surface area (Å²) in [7, 11) is 0. The number of benzene rings is 6. The summed E-state index contributed by atoms with van der Waals surface area (Å²) in [5.74, 6) is 0.587. The lowest BCUT2D eigenvalue weighted by Gasteiger charge is -2.11. The predicted molar refractivity (Wildman–Crippen MR) is 172 cm³/mol. The quantitative estimate of drug-likeness (QED) is 0.225. The molecule has 42 heavy (non-hydrogen) atoms. The van der Waals surface area contributed by atoms with Crippen molar-refractivity contribution in [2.24, 2.45) is 0 Å². The molecule has 0 aliphatic rings. The highest BCUT2D eigenvalue weighted by molar-refractivity contribution is 6.21. The van der Waals surface area contributed by atoms with E-state index < -0.39 is 0 Å². The fraction of sp³-hybridized carbons (Fsp3) is 0. The summed E-state index contributed by atoms with van der Waals surface area (Å²) in [4.78, 5) is 10.2. The van der Waals surface area contributed by atoms with E-state index in [9.17, 15) is 0 Å². The smallest absolute Gasteiger partial charge is 0.238 e. The van der Waals surface area contributed by atoms with Crippen LogP contribution in [0.3, 0.4) is 0 Å². The first-order valence-electron chi connectivity index (χ1n) is 14.1. The maximum Gasteiger partial charge on any atom is 0.238 e. The molecule has 9 aromatic rings. The fourth-order valence-corrected chi connectivity index (χ4v) is 6.43. The number of hydrogen-bond donors (Lipinski definition) is 0. The van der Waals surface area contributed by atoms with Gasteiger partial charge < -0.3 is 4.42 Å². The van der Waals surface area contributed by atoms with Gasteiger partial charge in [0.15, 0.2) is 0 Å². The molecule has 0 aliphatic heterocycles. The Labute approximate surface area is 241 Å². The molecular weight excluding hydrogens is 514 g/mol. The van der Waals surface area contributed by atoms with E-state index in [0.29, 0.717) is 11.7 Å². The zero-order valence-electron chi connectivity index (χ0n) is 22.5. The summed E-state index contributed by atoms with van der Waals surface area (Å²) in [6.07, 6.45) is 1.70. The molecular formula is C38H23N3O. The Kier molecular flexibility index (Phi) is 4.87. The van der Waals surface area contributed by atoms with E-state index in [4.69, 9.17) is 14.4 Å². The molecule has 0 amide bonds. The van der Waals surface area contributed by atoms with Crippen molar-refractivity contribution in [2.75, 3.05) is 0 Å². The molecule has 196 valence electrons. The third-order valence-corrected chi connectivity index (χ3v) is 8.31. The van der Waals surface area contributed by atoms with Crippen LogP contribution in [0.5, 0.6) is 0 Å². The zero-order valence-corrected chi connectivity index (χ0v) is 22.5. The summed E-state index contributed by atoms with van der Waals surface area (Å²) in [5, 5.41) is 8.14. The molecule has 0 aliphatic carbocycles. The Bertz CT molecular complexity index is 2480. The lowest BCUT2D eigenvalue weighted by Crippen LogP contribution is -2.02. The maximum atomic E-state index is 5.92. The summed E-state index contributed by atoms with van der Waals surface area (Å²) < 4.78 is 8.09. The molecule has 0 bridgehead atoms. The van der Waals surface area contributed by atoms with Crippen LogP contribution in [0.15, 0.2) is 144 Å². The van der Waals surface area contributed by atoms with E-state index in [1.807, 2.05) is 6.07 Å². The molecule has 4 heteroatoms. The Morgan fingerprint density at radius 3 is 2.12 bits per heavy atom. The fourth-order valence-electron chi connectivity index (χ4n) is 6.43. The molecule has 0 N–H and O–H groups in total. The first kappa shape index (κ1) is 23.0. The number of furan rings is 1. The number of nitrogens with zero attached hydrogens (tertiary/aromatic N) is 3. The van der Waals surface area contributed by atoms with Crippen molar-refractivity contribution in [1.82, 2.24) is 14.5 Å². The number of para-hydroxylation sites is 1. The average molecular weight is 538 g/mol. The zero-order chi connectivity index (χ0) is 27.6. The Hall–Kier alpha value is -5.74. The SMILES string of the molecule is c1cc(-c2cccc3ccccc23)cc(-c2nc(-n3c4ccccc4c4c5ccccc5ccc43)nc3occc23)c1. The summed E-state index contributed by atoms with van der Waals surface area (Å²) in [5.41, 5.74) is 6.89. The van der Waals surface area contributed by atoms with Crippen molar-refractivity contribution < 1.29 is 4.42 Å². The molecule has 4 nitrogen and oxygen atoms in total. The van der Waals surface area contributed by atoms with Crippen LogP contribution < -0.4 is 0 Å². The van der Waals surface area contributed by atoms with Crippen LogP contribution >= 0.6 is 0 Å². The van der Waals surface area contributed by atoms with E-state index >= 15 is 0 Å². The van der Waals surface area contributed by atoms with Gasteiger partial charge in [0.25, 0.3) is 0 Å². The van der Waals surface area contributed by atoms with Gasteiger partial charge in [0.1, 0.15) is 0 Å². The lowest BCUT2D eigenvalue weighted by atomic mass is 9.96. The van der Waals surface area contributed by atoms with Gasteiger partial charge in [-0.15, -0.1) is 0 Å². The second-order valence-electron chi connectivity index (χ2n) is 10.7. The van der Waals surface area contributed by atoms with Crippen molar-refractivity contribution in [2.45, 2.75) is 0 Å². The minimum absolute atomic E-state index is 0.567. The Morgan fingerprint density at radius 2 is 1.21 bits per heavy atom. The molecule has 3 heterocycles. The van der Waals surface area contributed by atoms with Crippen LogP contribution in [0.4, 0.5) is 0 Å². The predicted octanol–water partition coefficient (Wildman–Crippen LogP) is 9.96. The van der Waals surface area contributed by atoms with Crippen LogP contribution in [-0.4, -0.2) is 14.5 Å². The van der Waals surface area contributed by atoms with E-state index in [0.717, 1.165) is 33.2 Å². The van der Waals surface area contributed by atoms with E-state index in [2.05, 4.69) is 132 Å². The number of rotatable bonds is 3. The molecule has 0 unspecified atom stereocenters. The van der Waals surface area contributed by atoms with Gasteiger partial charge >= 0.3 is 0 Å². The first-order valence-corrected chi connectivity index (χ1v) is 14.1. The average Bonchev–Trinajstić information content (AvgIpc) is 3.67. The van der Waals surface area contributed by atoms with Gasteiger partial charge in [0.05, 0.1) is 28.4 Å². The highest BCUT2D eigenvalue weighted by Gasteiger charge is 2.19. The Balaban J connectivity index is 1.31. The van der Waals surface area contributed by atoms with Crippen LogP contribution in [-0.2, 0) is 0 Å². The highest BCUT2D eigenvalue weighted by atomic mass is 16.3. The lowest BCUT2D eigenvalue weighted by molar-refractivity contribution is 0.601. The van der Waals surface area contributed by atoms with Crippen molar-refractivity contribution in [1.29, 1.82) is 0 Å². The molecule has 3 aromatic heterocycles. The number of hydrogen-bond acceptors (Lipinski definition) is 3. The van der Waals surface area contributed by atoms with Crippen molar-refractivity contribution in [3.05, 3.63) is 140 Å². The minimum Gasteiger partial charge on any atom is -0.446 e. The second-order valence-corrected chi connectivity index (χ2v) is 10.7. The van der Waals surface area contributed by atoms with Crippen molar-refractivity contribution >= 4 is 54.5 Å². The van der Waals surface area contributed by atoms with Gasteiger partial charge in [-0.3, -0.25) is 4.57 Å². The molecule has 0 fully saturated rings. The van der Waals surface area contributed by atoms with E-state index in [-0.39, 0.29) is 0 Å². The number of aromatic nitrogens is 3. The van der Waals surface area contributed by atoms with Gasteiger partial charge in [-0.05, 0) is 56.9 Å². The topological polar surface area (TPSA) is 43.9 Å². The molecule has 0 spiro atoms. The Morgan fingerprint density at radius 1 is 0.500 bits per heavy atom. The first-order chi connectivity index (χ1) is 20.8. The maximum absolute atomic E-state index is 5.92. The van der Waals surface area contributed by atoms with Gasteiger partial charge in [0.2, 0.25) is 11.7 Å².